The lowest BCUT2D eigenvalue weighted by Gasteiger charge is -2.21. The third-order valence-electron chi connectivity index (χ3n) is 3.59. The van der Waals surface area contributed by atoms with E-state index in [1.165, 1.54) is 11.3 Å². The highest BCUT2D eigenvalue weighted by atomic mass is 16.5. The molecule has 2 rings (SSSR count). The molecule has 5 heteroatoms. The maximum Gasteiger partial charge on any atom is 0.161 e. The molecular formula is C16H24N4O. The highest BCUT2D eigenvalue weighted by molar-refractivity contribution is 5.48. The molecular weight excluding hydrogens is 264 g/mol. The number of rotatable bonds is 6. The first-order chi connectivity index (χ1) is 10.1. The number of ether oxygens (including phenoxy) is 1. The summed E-state index contributed by atoms with van der Waals surface area (Å²) in [5.41, 5.74) is 3.42. The first-order valence-corrected chi connectivity index (χ1v) is 7.15. The predicted octanol–water partition coefficient (Wildman–Crippen LogP) is 2.19. The summed E-state index contributed by atoms with van der Waals surface area (Å²) in [4.78, 5) is 2.09. The average molecular weight is 288 g/mol. The van der Waals surface area contributed by atoms with E-state index in [1.54, 1.807) is 13.3 Å². The Bertz CT molecular complexity index is 574. The topological polar surface area (TPSA) is 42.3 Å². The number of nitrogens with zero attached hydrogens (tertiary/aromatic N) is 3. The molecule has 21 heavy (non-hydrogen) atoms. The van der Waals surface area contributed by atoms with Crippen molar-refractivity contribution in [3.05, 3.63) is 41.7 Å². The minimum atomic E-state index is 0.0636. The van der Waals surface area contributed by atoms with Crippen LogP contribution in [0.25, 0.3) is 0 Å². The SMILES string of the molecule is CCNC(c1ccc(N(C)C)cc1)c1c(OC)cnn1C. The van der Waals surface area contributed by atoms with Crippen LogP contribution < -0.4 is 15.0 Å². The molecule has 0 fully saturated rings. The van der Waals surface area contributed by atoms with Crippen LogP contribution in [0.2, 0.25) is 0 Å². The Balaban J connectivity index is 2.40. The van der Waals surface area contributed by atoms with Gasteiger partial charge in [-0.1, -0.05) is 19.1 Å². The van der Waals surface area contributed by atoms with Gasteiger partial charge in [0.25, 0.3) is 0 Å². The third kappa shape index (κ3) is 3.19. The molecule has 5 nitrogen and oxygen atoms in total. The van der Waals surface area contributed by atoms with Crippen molar-refractivity contribution in [1.29, 1.82) is 0 Å². The molecule has 0 saturated carbocycles. The monoisotopic (exact) mass is 288 g/mol. The van der Waals surface area contributed by atoms with Gasteiger partial charge in [-0.15, -0.1) is 0 Å². The van der Waals surface area contributed by atoms with Crippen molar-refractivity contribution in [1.82, 2.24) is 15.1 Å². The van der Waals surface area contributed by atoms with Gasteiger partial charge in [0.2, 0.25) is 0 Å². The highest BCUT2D eigenvalue weighted by Crippen LogP contribution is 2.30. The second kappa shape index (κ2) is 6.63. The fourth-order valence-electron chi connectivity index (χ4n) is 2.45. The van der Waals surface area contributed by atoms with E-state index >= 15 is 0 Å². The van der Waals surface area contributed by atoms with Gasteiger partial charge in [-0.3, -0.25) is 4.68 Å². The molecule has 1 aromatic heterocycles. The summed E-state index contributed by atoms with van der Waals surface area (Å²) in [5.74, 6) is 0.806. The van der Waals surface area contributed by atoms with Crippen molar-refractivity contribution in [2.75, 3.05) is 32.6 Å². The van der Waals surface area contributed by atoms with Crippen LogP contribution in [-0.2, 0) is 7.05 Å². The Morgan fingerprint density at radius 3 is 2.48 bits per heavy atom. The molecule has 1 heterocycles. The zero-order chi connectivity index (χ0) is 15.4. The number of hydrogen-bond acceptors (Lipinski definition) is 4. The average Bonchev–Trinajstić information content (AvgIpc) is 2.86. The molecule has 2 aromatic rings. The Morgan fingerprint density at radius 1 is 1.29 bits per heavy atom. The summed E-state index contributed by atoms with van der Waals surface area (Å²) < 4.78 is 7.31. The van der Waals surface area contributed by atoms with Crippen LogP contribution in [0.4, 0.5) is 5.69 Å². The Morgan fingerprint density at radius 2 is 1.95 bits per heavy atom. The molecule has 0 spiro atoms. The molecule has 0 aliphatic heterocycles. The van der Waals surface area contributed by atoms with Gasteiger partial charge in [0.1, 0.15) is 5.69 Å². The van der Waals surface area contributed by atoms with E-state index in [0.29, 0.717) is 0 Å². The molecule has 0 saturated heterocycles. The van der Waals surface area contributed by atoms with Gasteiger partial charge < -0.3 is 15.0 Å². The standard InChI is InChI=1S/C16H24N4O/c1-6-17-15(16-14(21-5)11-18-20(16)4)12-7-9-13(10-8-12)19(2)3/h7-11,15,17H,6H2,1-5H3. The summed E-state index contributed by atoms with van der Waals surface area (Å²) in [6.07, 6.45) is 1.76. The molecule has 114 valence electrons. The molecule has 1 aromatic carbocycles. The van der Waals surface area contributed by atoms with Crippen molar-refractivity contribution in [2.24, 2.45) is 7.05 Å². The van der Waals surface area contributed by atoms with Crippen LogP contribution in [-0.4, -0.2) is 37.5 Å². The van der Waals surface area contributed by atoms with E-state index in [0.717, 1.165) is 18.0 Å². The normalized spacial score (nSPS) is 12.2. The van der Waals surface area contributed by atoms with Crippen LogP contribution in [0.3, 0.4) is 0 Å². The molecule has 0 bridgehead atoms. The summed E-state index contributed by atoms with van der Waals surface area (Å²) >= 11 is 0. The van der Waals surface area contributed by atoms with Crippen molar-refractivity contribution in [3.8, 4) is 5.75 Å². The number of anilines is 1. The van der Waals surface area contributed by atoms with Gasteiger partial charge in [-0.05, 0) is 24.2 Å². The Hall–Kier alpha value is -2.01. The molecule has 0 aliphatic rings. The van der Waals surface area contributed by atoms with E-state index < -0.39 is 0 Å². The molecule has 1 atom stereocenters. The Kier molecular flexibility index (Phi) is 4.85. The fraction of sp³-hybridized carbons (Fsp3) is 0.438. The fourth-order valence-corrected chi connectivity index (χ4v) is 2.45. The molecule has 0 aliphatic carbocycles. The number of nitrogens with one attached hydrogen (secondary N) is 1. The van der Waals surface area contributed by atoms with Crippen LogP contribution in [0.1, 0.15) is 24.2 Å². The maximum atomic E-state index is 5.45. The maximum absolute atomic E-state index is 5.45. The van der Waals surface area contributed by atoms with Crippen LogP contribution in [0.15, 0.2) is 30.5 Å². The quantitative estimate of drug-likeness (QED) is 0.885. The molecule has 1 N–H and O–H groups in total. The molecule has 0 radical (unpaired) electrons. The summed E-state index contributed by atoms with van der Waals surface area (Å²) in [5, 5.41) is 7.82. The third-order valence-corrected chi connectivity index (χ3v) is 3.59. The van der Waals surface area contributed by atoms with Crippen LogP contribution in [0, 0.1) is 0 Å². The van der Waals surface area contributed by atoms with Crippen LogP contribution in [0.5, 0.6) is 5.75 Å². The number of hydrogen-bond donors (Lipinski definition) is 1. The number of benzene rings is 1. The van der Waals surface area contributed by atoms with Gasteiger partial charge in [-0.2, -0.15) is 5.10 Å². The lowest BCUT2D eigenvalue weighted by atomic mass is 10.0. The van der Waals surface area contributed by atoms with Gasteiger partial charge >= 0.3 is 0 Å². The molecule has 0 amide bonds. The number of aryl methyl sites for hydroxylation is 1. The minimum absolute atomic E-state index is 0.0636. The largest absolute Gasteiger partial charge is 0.493 e. The second-order valence-electron chi connectivity index (χ2n) is 5.20. The zero-order valence-electron chi connectivity index (χ0n) is 13.4. The van der Waals surface area contributed by atoms with Gasteiger partial charge in [0, 0.05) is 26.8 Å². The zero-order valence-corrected chi connectivity index (χ0v) is 13.4. The second-order valence-corrected chi connectivity index (χ2v) is 5.20. The summed E-state index contributed by atoms with van der Waals surface area (Å²) in [6, 6.07) is 8.61. The smallest absolute Gasteiger partial charge is 0.161 e. The van der Waals surface area contributed by atoms with Gasteiger partial charge in [0.05, 0.1) is 19.3 Å². The lowest BCUT2D eigenvalue weighted by Crippen LogP contribution is -2.24. The van der Waals surface area contributed by atoms with Crippen LogP contribution >= 0.6 is 0 Å². The minimum Gasteiger partial charge on any atom is -0.493 e. The first kappa shape index (κ1) is 15.4. The van der Waals surface area contributed by atoms with Crippen molar-refractivity contribution >= 4 is 5.69 Å². The predicted molar refractivity (Wildman–Crippen MR) is 86.0 cm³/mol. The Labute approximate surface area is 126 Å². The van der Waals surface area contributed by atoms with E-state index in [2.05, 4.69) is 46.5 Å². The summed E-state index contributed by atoms with van der Waals surface area (Å²) in [6.45, 7) is 2.97. The van der Waals surface area contributed by atoms with Crippen molar-refractivity contribution in [2.45, 2.75) is 13.0 Å². The first-order valence-electron chi connectivity index (χ1n) is 7.15. The van der Waals surface area contributed by atoms with E-state index in [-0.39, 0.29) is 6.04 Å². The molecule has 1 unspecified atom stereocenters. The number of aromatic nitrogens is 2. The van der Waals surface area contributed by atoms with Gasteiger partial charge in [0.15, 0.2) is 5.75 Å². The van der Waals surface area contributed by atoms with Crippen molar-refractivity contribution < 1.29 is 4.74 Å². The lowest BCUT2D eigenvalue weighted by molar-refractivity contribution is 0.401. The summed E-state index contributed by atoms with van der Waals surface area (Å²) in [7, 11) is 7.71. The highest BCUT2D eigenvalue weighted by Gasteiger charge is 2.21. The van der Waals surface area contributed by atoms with Crippen molar-refractivity contribution in [3.63, 3.8) is 0 Å². The van der Waals surface area contributed by atoms with E-state index in [1.807, 2.05) is 25.8 Å². The van der Waals surface area contributed by atoms with E-state index in [9.17, 15) is 0 Å². The van der Waals surface area contributed by atoms with Gasteiger partial charge in [-0.25, -0.2) is 0 Å². The number of methoxy groups -OCH3 is 1. The van der Waals surface area contributed by atoms with E-state index in [4.69, 9.17) is 4.74 Å².